The molecular weight excluding hydrogens is 344 g/mol. The zero-order chi connectivity index (χ0) is 19.6. The number of likely N-dealkylation sites (tertiary alicyclic amines) is 1. The number of rotatable bonds is 5. The summed E-state index contributed by atoms with van der Waals surface area (Å²) in [5, 5.41) is 2.92. The van der Waals surface area contributed by atoms with E-state index >= 15 is 0 Å². The number of anilines is 1. The maximum Gasteiger partial charge on any atom is 0.229 e. The summed E-state index contributed by atoms with van der Waals surface area (Å²) in [5.74, 6) is 1.92. The Kier molecular flexibility index (Phi) is 5.92. The smallest absolute Gasteiger partial charge is 0.229 e. The topological polar surface area (TPSA) is 67.9 Å². The van der Waals surface area contributed by atoms with Gasteiger partial charge in [0.05, 0.1) is 25.8 Å². The number of hydrogen-bond donors (Lipinski definition) is 1. The van der Waals surface area contributed by atoms with Gasteiger partial charge in [-0.1, -0.05) is 26.7 Å². The van der Waals surface area contributed by atoms with Crippen molar-refractivity contribution >= 4 is 17.5 Å². The maximum atomic E-state index is 12.8. The Balaban J connectivity index is 1.69. The van der Waals surface area contributed by atoms with Crippen molar-refractivity contribution in [1.29, 1.82) is 0 Å². The van der Waals surface area contributed by atoms with Gasteiger partial charge in [0.2, 0.25) is 11.8 Å². The summed E-state index contributed by atoms with van der Waals surface area (Å²) in [4.78, 5) is 27.4. The zero-order valence-electron chi connectivity index (χ0n) is 16.7. The van der Waals surface area contributed by atoms with E-state index in [2.05, 4.69) is 19.2 Å². The van der Waals surface area contributed by atoms with E-state index in [1.165, 1.54) is 6.42 Å². The number of benzene rings is 1. The standard InChI is InChI=1S/C21H30N2O4/c1-13-6-5-7-18(14(13)2)23-12-15(10-20(23)24)21(25)22-17-11-16(26-3)8-9-19(17)27-4/h8-9,11,13-15,18H,5-7,10,12H2,1-4H3,(H,22,25). The summed E-state index contributed by atoms with van der Waals surface area (Å²) in [6.07, 6.45) is 3.68. The molecule has 6 heteroatoms. The molecule has 4 unspecified atom stereocenters. The van der Waals surface area contributed by atoms with E-state index in [1.807, 2.05) is 4.90 Å². The molecule has 1 heterocycles. The molecular formula is C21H30N2O4. The van der Waals surface area contributed by atoms with E-state index in [1.54, 1.807) is 32.4 Å². The first kappa shape index (κ1) is 19.5. The first-order chi connectivity index (χ1) is 12.9. The van der Waals surface area contributed by atoms with E-state index in [9.17, 15) is 9.59 Å². The van der Waals surface area contributed by atoms with E-state index in [0.717, 1.165) is 12.8 Å². The van der Waals surface area contributed by atoms with Gasteiger partial charge in [-0.25, -0.2) is 0 Å². The zero-order valence-corrected chi connectivity index (χ0v) is 16.7. The fourth-order valence-electron chi connectivity index (χ4n) is 4.37. The lowest BCUT2D eigenvalue weighted by molar-refractivity contribution is -0.131. The fraction of sp³-hybridized carbons (Fsp3) is 0.619. The lowest BCUT2D eigenvalue weighted by Gasteiger charge is -2.40. The van der Waals surface area contributed by atoms with Crippen LogP contribution < -0.4 is 14.8 Å². The van der Waals surface area contributed by atoms with Gasteiger partial charge in [-0.05, 0) is 30.4 Å². The molecule has 1 aliphatic carbocycles. The average Bonchev–Trinajstić information content (AvgIpc) is 3.05. The van der Waals surface area contributed by atoms with Gasteiger partial charge in [-0.3, -0.25) is 9.59 Å². The van der Waals surface area contributed by atoms with Crippen molar-refractivity contribution in [2.75, 3.05) is 26.1 Å². The third kappa shape index (κ3) is 4.04. The number of methoxy groups -OCH3 is 2. The van der Waals surface area contributed by atoms with E-state index < -0.39 is 0 Å². The lowest BCUT2D eigenvalue weighted by Crippen LogP contribution is -2.45. The molecule has 1 aromatic carbocycles. The van der Waals surface area contributed by atoms with Gasteiger partial charge in [0, 0.05) is 25.1 Å². The van der Waals surface area contributed by atoms with Gasteiger partial charge in [0.1, 0.15) is 11.5 Å². The molecule has 4 atom stereocenters. The molecule has 0 radical (unpaired) electrons. The highest BCUT2D eigenvalue weighted by atomic mass is 16.5. The van der Waals surface area contributed by atoms with Gasteiger partial charge in [0.25, 0.3) is 0 Å². The lowest BCUT2D eigenvalue weighted by atomic mass is 9.77. The monoisotopic (exact) mass is 374 g/mol. The Hall–Kier alpha value is -2.24. The Morgan fingerprint density at radius 3 is 2.67 bits per heavy atom. The predicted molar refractivity (Wildman–Crippen MR) is 104 cm³/mol. The second kappa shape index (κ2) is 8.19. The largest absolute Gasteiger partial charge is 0.497 e. The summed E-state index contributed by atoms with van der Waals surface area (Å²) < 4.78 is 10.6. The highest BCUT2D eigenvalue weighted by molar-refractivity contribution is 5.98. The van der Waals surface area contributed by atoms with Gasteiger partial charge < -0.3 is 19.7 Å². The molecule has 6 nitrogen and oxygen atoms in total. The molecule has 1 aliphatic heterocycles. The summed E-state index contributed by atoms with van der Waals surface area (Å²) in [5.41, 5.74) is 0.562. The minimum atomic E-state index is -0.335. The van der Waals surface area contributed by atoms with Crippen molar-refractivity contribution in [3.8, 4) is 11.5 Å². The summed E-state index contributed by atoms with van der Waals surface area (Å²) in [6.45, 7) is 4.99. The molecule has 148 valence electrons. The van der Waals surface area contributed by atoms with Crippen molar-refractivity contribution in [3.63, 3.8) is 0 Å². The SMILES string of the molecule is COc1ccc(OC)c(NC(=O)C2CC(=O)N(C3CCCC(C)C3C)C2)c1. The molecule has 2 aliphatic rings. The predicted octanol–water partition coefficient (Wildman–Crippen LogP) is 3.32. The molecule has 1 N–H and O–H groups in total. The highest BCUT2D eigenvalue weighted by Crippen LogP contribution is 2.36. The van der Waals surface area contributed by atoms with E-state index in [0.29, 0.717) is 35.6 Å². The van der Waals surface area contributed by atoms with E-state index in [-0.39, 0.29) is 30.2 Å². The van der Waals surface area contributed by atoms with Crippen LogP contribution >= 0.6 is 0 Å². The van der Waals surface area contributed by atoms with Crippen LogP contribution in [0.3, 0.4) is 0 Å². The van der Waals surface area contributed by atoms with Crippen molar-refractivity contribution in [1.82, 2.24) is 4.90 Å². The van der Waals surface area contributed by atoms with E-state index in [4.69, 9.17) is 9.47 Å². The summed E-state index contributed by atoms with van der Waals surface area (Å²) >= 11 is 0. The first-order valence-electron chi connectivity index (χ1n) is 9.77. The third-order valence-corrected chi connectivity index (χ3v) is 6.26. The van der Waals surface area contributed by atoms with Gasteiger partial charge in [-0.15, -0.1) is 0 Å². The molecule has 0 aromatic heterocycles. The van der Waals surface area contributed by atoms with Gasteiger partial charge in [-0.2, -0.15) is 0 Å². The Morgan fingerprint density at radius 2 is 1.96 bits per heavy atom. The van der Waals surface area contributed by atoms with Crippen molar-refractivity contribution in [2.45, 2.75) is 45.6 Å². The molecule has 1 aromatic rings. The summed E-state index contributed by atoms with van der Waals surface area (Å²) in [6, 6.07) is 5.52. The average molecular weight is 374 g/mol. The molecule has 0 bridgehead atoms. The van der Waals surface area contributed by atoms with Crippen LogP contribution in [0.1, 0.15) is 39.5 Å². The second-order valence-corrected chi connectivity index (χ2v) is 7.84. The molecule has 2 fully saturated rings. The van der Waals surface area contributed by atoms with Crippen LogP contribution in [0, 0.1) is 17.8 Å². The van der Waals surface area contributed by atoms with Crippen molar-refractivity contribution in [3.05, 3.63) is 18.2 Å². The van der Waals surface area contributed by atoms with Crippen molar-refractivity contribution in [2.24, 2.45) is 17.8 Å². The van der Waals surface area contributed by atoms with Crippen LogP contribution in [0.25, 0.3) is 0 Å². The van der Waals surface area contributed by atoms with Crippen LogP contribution in [0.15, 0.2) is 18.2 Å². The first-order valence-corrected chi connectivity index (χ1v) is 9.77. The summed E-state index contributed by atoms with van der Waals surface area (Å²) in [7, 11) is 3.14. The minimum Gasteiger partial charge on any atom is -0.497 e. The fourth-order valence-corrected chi connectivity index (χ4v) is 4.37. The van der Waals surface area contributed by atoms with Crippen LogP contribution in [-0.2, 0) is 9.59 Å². The highest BCUT2D eigenvalue weighted by Gasteiger charge is 2.41. The number of nitrogens with one attached hydrogen (secondary N) is 1. The van der Waals surface area contributed by atoms with Gasteiger partial charge >= 0.3 is 0 Å². The number of ether oxygens (including phenoxy) is 2. The molecule has 1 saturated heterocycles. The second-order valence-electron chi connectivity index (χ2n) is 7.84. The Labute approximate surface area is 161 Å². The van der Waals surface area contributed by atoms with Crippen LogP contribution in [0.5, 0.6) is 11.5 Å². The molecule has 0 spiro atoms. The normalized spacial score (nSPS) is 28.1. The van der Waals surface area contributed by atoms with Crippen LogP contribution in [0.2, 0.25) is 0 Å². The quantitative estimate of drug-likeness (QED) is 0.859. The Bertz CT molecular complexity index is 705. The maximum absolute atomic E-state index is 12.8. The number of nitrogens with zero attached hydrogens (tertiary/aromatic N) is 1. The van der Waals surface area contributed by atoms with Crippen molar-refractivity contribution < 1.29 is 19.1 Å². The molecule has 3 rings (SSSR count). The molecule has 2 amide bonds. The van der Waals surface area contributed by atoms with Crippen LogP contribution in [0.4, 0.5) is 5.69 Å². The number of carbonyl (C=O) groups is 2. The van der Waals surface area contributed by atoms with Crippen LogP contribution in [-0.4, -0.2) is 43.5 Å². The van der Waals surface area contributed by atoms with Gasteiger partial charge in [0.15, 0.2) is 0 Å². The number of carbonyl (C=O) groups excluding carboxylic acids is 2. The number of hydrogen-bond acceptors (Lipinski definition) is 4. The third-order valence-electron chi connectivity index (χ3n) is 6.26. The number of amides is 2. The Morgan fingerprint density at radius 1 is 1.19 bits per heavy atom. The molecule has 27 heavy (non-hydrogen) atoms. The molecule has 1 saturated carbocycles. The minimum absolute atomic E-state index is 0.0960.